The van der Waals surface area contributed by atoms with Gasteiger partial charge < -0.3 is 11.1 Å². The Hall–Kier alpha value is -1.94. The predicted octanol–water partition coefficient (Wildman–Crippen LogP) is 2.37. The maximum atomic E-state index is 5.68. The maximum absolute atomic E-state index is 5.68. The number of benzene rings is 1. The largest absolute Gasteiger partial charge is 0.389 e. The minimum Gasteiger partial charge on any atom is -0.389 e. The van der Waals surface area contributed by atoms with Crippen molar-refractivity contribution in [1.29, 1.82) is 0 Å². The number of para-hydroxylation sites is 1. The highest BCUT2D eigenvalue weighted by molar-refractivity contribution is 7.80. The van der Waals surface area contributed by atoms with E-state index in [1.165, 1.54) is 0 Å². The third-order valence-corrected chi connectivity index (χ3v) is 2.84. The van der Waals surface area contributed by atoms with Crippen molar-refractivity contribution in [3.05, 3.63) is 59.9 Å². The van der Waals surface area contributed by atoms with Gasteiger partial charge in [0.15, 0.2) is 0 Å². The third kappa shape index (κ3) is 3.28. The van der Waals surface area contributed by atoms with Crippen molar-refractivity contribution in [3.63, 3.8) is 0 Å². The summed E-state index contributed by atoms with van der Waals surface area (Å²) in [6.07, 6.45) is 2.67. The van der Waals surface area contributed by atoms with Crippen molar-refractivity contribution in [2.24, 2.45) is 5.73 Å². The molecule has 0 bridgehead atoms. The van der Waals surface area contributed by atoms with Gasteiger partial charge in [-0.25, -0.2) is 0 Å². The molecule has 0 amide bonds. The van der Waals surface area contributed by atoms with Gasteiger partial charge in [-0.1, -0.05) is 30.4 Å². The Balaban J connectivity index is 1.97. The zero-order chi connectivity index (χ0) is 12.8. The molecule has 0 atom stereocenters. The van der Waals surface area contributed by atoms with E-state index in [0.29, 0.717) is 4.99 Å². The van der Waals surface area contributed by atoms with Crippen LogP contribution in [0.25, 0.3) is 0 Å². The van der Waals surface area contributed by atoms with E-state index in [9.17, 15) is 0 Å². The molecule has 0 fully saturated rings. The van der Waals surface area contributed by atoms with Crippen molar-refractivity contribution >= 4 is 22.9 Å². The van der Waals surface area contributed by atoms with Crippen molar-refractivity contribution in [3.8, 4) is 0 Å². The minimum atomic E-state index is 0.413. The number of pyridine rings is 1. The lowest BCUT2D eigenvalue weighted by atomic mass is 10.1. The normalized spacial score (nSPS) is 10.0. The van der Waals surface area contributed by atoms with Crippen molar-refractivity contribution in [2.75, 3.05) is 11.9 Å². The molecule has 3 N–H and O–H groups in total. The molecule has 3 nitrogen and oxygen atoms in total. The van der Waals surface area contributed by atoms with E-state index in [1.807, 2.05) is 42.5 Å². The van der Waals surface area contributed by atoms with Crippen LogP contribution in [0.2, 0.25) is 0 Å². The molecular formula is C14H15N3S. The van der Waals surface area contributed by atoms with Gasteiger partial charge >= 0.3 is 0 Å². The molecule has 0 spiro atoms. The lowest BCUT2D eigenvalue weighted by Crippen LogP contribution is -2.14. The lowest BCUT2D eigenvalue weighted by molar-refractivity contribution is 0.961. The van der Waals surface area contributed by atoms with Crippen LogP contribution in [0.15, 0.2) is 48.7 Å². The second-order valence-corrected chi connectivity index (χ2v) is 4.35. The third-order valence-electron chi connectivity index (χ3n) is 2.62. The van der Waals surface area contributed by atoms with Crippen LogP contribution in [-0.4, -0.2) is 16.5 Å². The summed E-state index contributed by atoms with van der Waals surface area (Å²) in [4.78, 5) is 4.69. The highest BCUT2D eigenvalue weighted by atomic mass is 32.1. The van der Waals surface area contributed by atoms with Crippen LogP contribution < -0.4 is 11.1 Å². The zero-order valence-electron chi connectivity index (χ0n) is 9.97. The minimum absolute atomic E-state index is 0.413. The summed E-state index contributed by atoms with van der Waals surface area (Å²) < 4.78 is 0. The van der Waals surface area contributed by atoms with Crippen LogP contribution in [0.5, 0.6) is 0 Å². The molecule has 0 aliphatic heterocycles. The fraction of sp³-hybridized carbons (Fsp3) is 0.143. The molecule has 0 saturated heterocycles. The monoisotopic (exact) mass is 257 g/mol. The van der Waals surface area contributed by atoms with Gasteiger partial charge in [0.25, 0.3) is 0 Å². The molecule has 2 rings (SSSR count). The highest BCUT2D eigenvalue weighted by Gasteiger charge is 2.03. The van der Waals surface area contributed by atoms with Crippen molar-refractivity contribution in [2.45, 2.75) is 6.42 Å². The Morgan fingerprint density at radius 3 is 2.67 bits per heavy atom. The first kappa shape index (κ1) is 12.5. The molecule has 92 valence electrons. The second kappa shape index (κ2) is 6.12. The first-order valence-electron chi connectivity index (χ1n) is 5.80. The summed E-state index contributed by atoms with van der Waals surface area (Å²) in [6, 6.07) is 13.7. The number of nitrogens with two attached hydrogens (primary N) is 1. The SMILES string of the molecule is NC(=S)c1ccccc1NCCc1ccccn1. The molecule has 1 aromatic carbocycles. The van der Waals surface area contributed by atoms with Crippen molar-refractivity contribution in [1.82, 2.24) is 4.98 Å². The molecular weight excluding hydrogens is 242 g/mol. The maximum Gasteiger partial charge on any atom is 0.106 e. The quantitative estimate of drug-likeness (QED) is 0.807. The van der Waals surface area contributed by atoms with E-state index in [4.69, 9.17) is 18.0 Å². The lowest BCUT2D eigenvalue weighted by Gasteiger charge is -2.10. The van der Waals surface area contributed by atoms with E-state index in [1.54, 1.807) is 6.20 Å². The van der Waals surface area contributed by atoms with Crippen molar-refractivity contribution < 1.29 is 0 Å². The van der Waals surface area contributed by atoms with E-state index in [0.717, 1.165) is 29.9 Å². The molecule has 0 aliphatic carbocycles. The topological polar surface area (TPSA) is 50.9 Å². The number of nitrogens with one attached hydrogen (secondary N) is 1. The summed E-state index contributed by atoms with van der Waals surface area (Å²) in [5, 5.41) is 3.34. The number of hydrogen-bond donors (Lipinski definition) is 2. The Morgan fingerprint density at radius 1 is 1.17 bits per heavy atom. The van der Waals surface area contributed by atoms with Gasteiger partial charge in [-0.15, -0.1) is 0 Å². The number of nitrogens with zero attached hydrogens (tertiary/aromatic N) is 1. The standard InChI is InChI=1S/C14H15N3S/c15-14(18)12-6-1-2-7-13(12)17-10-8-11-5-3-4-9-16-11/h1-7,9,17H,8,10H2,(H2,15,18). The molecule has 4 heteroatoms. The molecule has 0 unspecified atom stereocenters. The van der Waals surface area contributed by atoms with Crippen LogP contribution in [0.3, 0.4) is 0 Å². The van der Waals surface area contributed by atoms with Gasteiger partial charge in [0.2, 0.25) is 0 Å². The van der Waals surface area contributed by atoms with E-state index < -0.39 is 0 Å². The van der Waals surface area contributed by atoms with E-state index in [2.05, 4.69) is 10.3 Å². The molecule has 18 heavy (non-hydrogen) atoms. The molecule has 1 aromatic heterocycles. The Bertz CT molecular complexity index is 526. The molecule has 0 aliphatic rings. The van der Waals surface area contributed by atoms with Crippen LogP contribution in [0, 0.1) is 0 Å². The Kier molecular flexibility index (Phi) is 4.25. The average molecular weight is 257 g/mol. The van der Waals surface area contributed by atoms with Gasteiger partial charge in [-0.3, -0.25) is 4.98 Å². The van der Waals surface area contributed by atoms with Crippen LogP contribution in [0.4, 0.5) is 5.69 Å². The fourth-order valence-corrected chi connectivity index (χ4v) is 1.90. The molecule has 1 heterocycles. The average Bonchev–Trinajstić information content (AvgIpc) is 2.40. The fourth-order valence-electron chi connectivity index (χ4n) is 1.72. The second-order valence-electron chi connectivity index (χ2n) is 3.91. The smallest absolute Gasteiger partial charge is 0.106 e. The summed E-state index contributed by atoms with van der Waals surface area (Å²) in [5.41, 5.74) is 8.60. The van der Waals surface area contributed by atoms with E-state index in [-0.39, 0.29) is 0 Å². The number of aromatic nitrogens is 1. The molecule has 2 aromatic rings. The summed E-state index contributed by atoms with van der Waals surface area (Å²) >= 11 is 5.02. The first-order chi connectivity index (χ1) is 8.77. The van der Waals surface area contributed by atoms with Gasteiger partial charge in [0.05, 0.1) is 0 Å². The number of hydrogen-bond acceptors (Lipinski definition) is 3. The summed E-state index contributed by atoms with van der Waals surface area (Å²) in [7, 11) is 0. The molecule has 0 saturated carbocycles. The zero-order valence-corrected chi connectivity index (χ0v) is 10.8. The van der Waals surface area contributed by atoms with Crippen LogP contribution >= 0.6 is 12.2 Å². The van der Waals surface area contributed by atoms with Crippen LogP contribution in [0.1, 0.15) is 11.3 Å². The Morgan fingerprint density at radius 2 is 1.94 bits per heavy atom. The number of thiocarbonyl (C=S) groups is 1. The summed E-state index contributed by atoms with van der Waals surface area (Å²) in [6.45, 7) is 0.802. The van der Waals surface area contributed by atoms with E-state index >= 15 is 0 Å². The summed E-state index contributed by atoms with van der Waals surface area (Å²) in [5.74, 6) is 0. The van der Waals surface area contributed by atoms with Crippen LogP contribution in [-0.2, 0) is 6.42 Å². The highest BCUT2D eigenvalue weighted by Crippen LogP contribution is 2.14. The number of anilines is 1. The predicted molar refractivity (Wildman–Crippen MR) is 78.8 cm³/mol. The Labute approximate surface area is 112 Å². The van der Waals surface area contributed by atoms with Gasteiger partial charge in [-0.05, 0) is 24.3 Å². The first-order valence-corrected chi connectivity index (χ1v) is 6.21. The van der Waals surface area contributed by atoms with Gasteiger partial charge in [0, 0.05) is 36.1 Å². The van der Waals surface area contributed by atoms with Gasteiger partial charge in [0.1, 0.15) is 4.99 Å². The number of rotatable bonds is 5. The van der Waals surface area contributed by atoms with Gasteiger partial charge in [-0.2, -0.15) is 0 Å². The molecule has 0 radical (unpaired) electrons.